The van der Waals surface area contributed by atoms with Crippen molar-refractivity contribution in [2.75, 3.05) is 0 Å². The number of rotatable bonds is 6. The summed E-state index contributed by atoms with van der Waals surface area (Å²) in [6.45, 7) is 2.44. The lowest BCUT2D eigenvalue weighted by Gasteiger charge is -2.11. The molecule has 0 atom stereocenters. The Morgan fingerprint density at radius 3 is 2.77 bits per heavy atom. The average Bonchev–Trinajstić information content (AvgIpc) is 3.35. The van der Waals surface area contributed by atoms with Crippen molar-refractivity contribution >= 4 is 55.6 Å². The molecule has 39 heavy (non-hydrogen) atoms. The van der Waals surface area contributed by atoms with Crippen molar-refractivity contribution in [3.8, 4) is 17.3 Å². The highest BCUT2D eigenvalue weighted by Gasteiger charge is 2.17. The summed E-state index contributed by atoms with van der Waals surface area (Å²) in [7, 11) is 0. The Bertz CT molecular complexity index is 1940. The van der Waals surface area contributed by atoms with E-state index >= 15 is 0 Å². The van der Waals surface area contributed by atoms with Crippen molar-refractivity contribution in [1.82, 2.24) is 9.66 Å². The van der Waals surface area contributed by atoms with Crippen LogP contribution in [0.2, 0.25) is 5.02 Å². The normalized spacial score (nSPS) is 11.6. The van der Waals surface area contributed by atoms with Gasteiger partial charge in [-0.1, -0.05) is 69.5 Å². The van der Waals surface area contributed by atoms with E-state index in [1.165, 1.54) is 4.68 Å². The van der Waals surface area contributed by atoms with Crippen LogP contribution in [0.5, 0.6) is 5.75 Å². The van der Waals surface area contributed by atoms with E-state index in [1.807, 2.05) is 49.4 Å². The van der Waals surface area contributed by atoms with Gasteiger partial charge in [0.2, 0.25) is 5.82 Å². The minimum absolute atomic E-state index is 0.277. The number of aryl methyl sites for hydroxylation is 1. The van der Waals surface area contributed by atoms with E-state index in [4.69, 9.17) is 25.7 Å². The molecule has 8 heteroatoms. The Morgan fingerprint density at radius 1 is 1.03 bits per heavy atom. The molecule has 6 nitrogen and oxygen atoms in total. The van der Waals surface area contributed by atoms with Crippen molar-refractivity contribution in [2.24, 2.45) is 5.10 Å². The Morgan fingerprint density at radius 2 is 1.90 bits per heavy atom. The second-order valence-electron chi connectivity index (χ2n) is 9.07. The SMILES string of the molecule is Cc1cccc(COc2ccc(Br)cc2C=Nn2c(-c3cc4cc(Cl)ccc4o3)nc3ccccc3c2=O)c1. The number of halogens is 2. The molecule has 0 spiro atoms. The van der Waals surface area contributed by atoms with Crippen molar-refractivity contribution in [1.29, 1.82) is 0 Å². The molecule has 0 aliphatic rings. The van der Waals surface area contributed by atoms with E-state index in [1.54, 1.807) is 48.7 Å². The topological polar surface area (TPSA) is 69.6 Å². The van der Waals surface area contributed by atoms with Gasteiger partial charge in [-0.05, 0) is 67.1 Å². The maximum Gasteiger partial charge on any atom is 0.282 e. The Kier molecular flexibility index (Phi) is 6.77. The molecular weight excluding hydrogens is 578 g/mol. The van der Waals surface area contributed by atoms with Crippen LogP contribution in [0.4, 0.5) is 0 Å². The van der Waals surface area contributed by atoms with Gasteiger partial charge < -0.3 is 9.15 Å². The molecule has 4 aromatic carbocycles. The van der Waals surface area contributed by atoms with E-state index in [9.17, 15) is 4.79 Å². The summed E-state index contributed by atoms with van der Waals surface area (Å²) in [5.41, 5.74) is 3.78. The summed E-state index contributed by atoms with van der Waals surface area (Å²) in [4.78, 5) is 18.4. The quantitative estimate of drug-likeness (QED) is 0.182. The monoisotopic (exact) mass is 597 g/mol. The lowest BCUT2D eigenvalue weighted by molar-refractivity contribution is 0.305. The lowest BCUT2D eigenvalue weighted by atomic mass is 10.1. The fourth-order valence-corrected chi connectivity index (χ4v) is 4.91. The largest absolute Gasteiger partial charge is 0.488 e. The third-order valence-electron chi connectivity index (χ3n) is 6.21. The minimum atomic E-state index is -0.317. The summed E-state index contributed by atoms with van der Waals surface area (Å²) < 4.78 is 14.3. The molecule has 0 amide bonds. The average molecular weight is 599 g/mol. The van der Waals surface area contributed by atoms with Gasteiger partial charge in [-0.3, -0.25) is 4.79 Å². The highest BCUT2D eigenvalue weighted by molar-refractivity contribution is 9.10. The molecule has 0 saturated heterocycles. The molecule has 6 aromatic rings. The second-order valence-corrected chi connectivity index (χ2v) is 10.4. The fourth-order valence-electron chi connectivity index (χ4n) is 4.35. The molecule has 2 aromatic heterocycles. The van der Waals surface area contributed by atoms with Gasteiger partial charge >= 0.3 is 0 Å². The van der Waals surface area contributed by atoms with Crippen LogP contribution in [-0.2, 0) is 6.61 Å². The number of ether oxygens (including phenoxy) is 1. The second kappa shape index (κ2) is 10.5. The van der Waals surface area contributed by atoms with Gasteiger partial charge in [0, 0.05) is 20.4 Å². The van der Waals surface area contributed by atoms with Crippen molar-refractivity contribution < 1.29 is 9.15 Å². The highest BCUT2D eigenvalue weighted by atomic mass is 79.9. The van der Waals surface area contributed by atoms with Gasteiger partial charge in [-0.25, -0.2) is 4.98 Å². The van der Waals surface area contributed by atoms with Crippen molar-refractivity contribution in [3.63, 3.8) is 0 Å². The molecule has 0 radical (unpaired) electrons. The first-order valence-corrected chi connectivity index (χ1v) is 13.4. The van der Waals surface area contributed by atoms with Crippen LogP contribution in [-0.4, -0.2) is 15.9 Å². The van der Waals surface area contributed by atoms with Gasteiger partial charge in [-0.2, -0.15) is 9.78 Å². The van der Waals surface area contributed by atoms with Gasteiger partial charge in [0.1, 0.15) is 17.9 Å². The number of benzene rings is 4. The Labute approximate surface area is 237 Å². The molecule has 0 fully saturated rings. The van der Waals surface area contributed by atoms with Crippen LogP contribution in [0.25, 0.3) is 33.5 Å². The van der Waals surface area contributed by atoms with Gasteiger partial charge in [0.25, 0.3) is 5.56 Å². The van der Waals surface area contributed by atoms with Crippen LogP contribution in [0.1, 0.15) is 16.7 Å². The summed E-state index contributed by atoms with van der Waals surface area (Å²) in [5, 5.41) is 6.43. The molecule has 2 heterocycles. The third kappa shape index (κ3) is 5.24. The standard InChI is InChI=1S/C31H21BrClN3O3/c1-19-5-4-6-20(13-19)18-38-27-11-9-23(32)14-22(27)17-34-36-30(35-26-8-3-2-7-25(26)31(36)37)29-16-21-15-24(33)10-12-28(21)39-29/h2-17H,18H2,1H3. The van der Waals surface area contributed by atoms with Crippen LogP contribution in [0.3, 0.4) is 0 Å². The van der Waals surface area contributed by atoms with Gasteiger partial charge in [0.15, 0.2) is 5.76 Å². The van der Waals surface area contributed by atoms with E-state index in [0.29, 0.717) is 45.2 Å². The Hall–Kier alpha value is -4.20. The first-order chi connectivity index (χ1) is 18.9. The summed E-state index contributed by atoms with van der Waals surface area (Å²) >= 11 is 9.70. The molecule has 0 bridgehead atoms. The minimum Gasteiger partial charge on any atom is -0.488 e. The van der Waals surface area contributed by atoms with Crippen LogP contribution in [0, 0.1) is 6.92 Å². The van der Waals surface area contributed by atoms with Crippen LogP contribution in [0.15, 0.2) is 110 Å². The molecule has 0 aliphatic heterocycles. The molecule has 192 valence electrons. The number of aromatic nitrogens is 2. The third-order valence-corrected chi connectivity index (χ3v) is 6.94. The highest BCUT2D eigenvalue weighted by Crippen LogP contribution is 2.29. The van der Waals surface area contributed by atoms with Gasteiger partial charge in [0.05, 0.1) is 17.1 Å². The van der Waals surface area contributed by atoms with Crippen LogP contribution >= 0.6 is 27.5 Å². The first-order valence-electron chi connectivity index (χ1n) is 12.2. The van der Waals surface area contributed by atoms with Crippen LogP contribution < -0.4 is 10.3 Å². The number of nitrogens with zero attached hydrogens (tertiary/aromatic N) is 3. The zero-order chi connectivity index (χ0) is 26.9. The number of fused-ring (bicyclic) bond motifs is 2. The van der Waals surface area contributed by atoms with E-state index < -0.39 is 0 Å². The predicted molar refractivity (Wildman–Crippen MR) is 159 cm³/mol. The van der Waals surface area contributed by atoms with E-state index in [2.05, 4.69) is 27.1 Å². The number of para-hydroxylation sites is 1. The van der Waals surface area contributed by atoms with Crippen molar-refractivity contribution in [3.05, 3.63) is 128 Å². The maximum absolute atomic E-state index is 13.6. The molecule has 0 unspecified atom stereocenters. The van der Waals surface area contributed by atoms with E-state index in [-0.39, 0.29) is 11.4 Å². The fraction of sp³-hybridized carbons (Fsp3) is 0.0645. The molecular formula is C31H21BrClN3O3. The smallest absolute Gasteiger partial charge is 0.282 e. The first kappa shape index (κ1) is 25.1. The Balaban J connectivity index is 1.44. The van der Waals surface area contributed by atoms with Crippen molar-refractivity contribution in [2.45, 2.75) is 13.5 Å². The summed E-state index contributed by atoms with van der Waals surface area (Å²) in [5.74, 6) is 1.31. The summed E-state index contributed by atoms with van der Waals surface area (Å²) in [6, 6.07) is 28.1. The molecule has 6 rings (SSSR count). The number of hydrogen-bond donors (Lipinski definition) is 0. The van der Waals surface area contributed by atoms with Gasteiger partial charge in [-0.15, -0.1) is 0 Å². The lowest BCUT2D eigenvalue weighted by Crippen LogP contribution is -2.20. The number of hydrogen-bond acceptors (Lipinski definition) is 5. The van der Waals surface area contributed by atoms with E-state index in [0.717, 1.165) is 21.0 Å². The summed E-state index contributed by atoms with van der Waals surface area (Å²) in [6.07, 6.45) is 1.59. The zero-order valence-electron chi connectivity index (χ0n) is 20.8. The predicted octanol–water partition coefficient (Wildman–Crippen LogP) is 8.00. The molecule has 0 N–H and O–H groups in total. The number of furan rings is 1. The zero-order valence-corrected chi connectivity index (χ0v) is 23.1. The maximum atomic E-state index is 13.6. The molecule has 0 saturated carbocycles. The molecule has 0 aliphatic carbocycles.